The molecule has 0 aromatic carbocycles. The van der Waals surface area contributed by atoms with E-state index in [1.807, 2.05) is 25.7 Å². The van der Waals surface area contributed by atoms with Crippen molar-refractivity contribution in [1.29, 1.82) is 0 Å². The summed E-state index contributed by atoms with van der Waals surface area (Å²) < 4.78 is 124. The van der Waals surface area contributed by atoms with Gasteiger partial charge in [0.05, 0.1) is 0 Å². The number of ether oxygens (including phenoxy) is 1. The van der Waals surface area contributed by atoms with Gasteiger partial charge in [-0.1, -0.05) is 0 Å². The van der Waals surface area contributed by atoms with Crippen molar-refractivity contribution in [3.05, 3.63) is 0 Å². The van der Waals surface area contributed by atoms with Crippen LogP contribution in [-0.2, 0) is 4.74 Å². The zero-order chi connectivity index (χ0) is 25.0. The number of hydrogen-bond donors (Lipinski definition) is 0. The van der Waals surface area contributed by atoms with E-state index in [-0.39, 0.29) is 11.7 Å². The number of halogens is 12. The Bertz CT molecular complexity index is 419. The molecule has 0 radical (unpaired) electrons. The van der Waals surface area contributed by atoms with Gasteiger partial charge in [-0.25, -0.2) is 0 Å². The zero-order valence-electron chi connectivity index (χ0n) is 16.5. The van der Waals surface area contributed by atoms with Crippen LogP contribution in [0, 0.1) is 0 Å². The molecule has 4 nitrogen and oxygen atoms in total. The molecule has 1 aliphatic heterocycles. The molecule has 1 amide bonds. The Morgan fingerprint density at radius 1 is 0.767 bits per heavy atom. The quantitative estimate of drug-likeness (QED) is 0.392. The van der Waals surface area contributed by atoms with Gasteiger partial charge in [0.1, 0.15) is 0 Å². The molecule has 1 saturated heterocycles. The first-order valence-electron chi connectivity index (χ1n) is 8.24. The Hall–Kier alpha value is 0.221. The standard InChI is InChI=1S/C10H19N2O2.3BF4.K/c1-10(2,3)14-9(13)12-7-5-11(4)6-8-12;3*2-1(3,4)5;/h4-8H2,1-3H3;;;;/q;3*-1;. The van der Waals surface area contributed by atoms with Crippen molar-refractivity contribution in [3.63, 3.8) is 0 Å². The Morgan fingerprint density at radius 3 is 1.23 bits per heavy atom. The SMILES string of the molecule is CC(C)(C)OC(=O)N1CCN([CH2][K])CC1.F[B-](F)(F)F.F[B-](F)(F)F.F[B-](F)(F)F. The predicted molar refractivity (Wildman–Crippen MR) is 90.6 cm³/mol. The van der Waals surface area contributed by atoms with Gasteiger partial charge in [-0.2, -0.15) is 0 Å². The summed E-state index contributed by atoms with van der Waals surface area (Å²) in [5.41, 5.74) is -0.381. The van der Waals surface area contributed by atoms with E-state index < -0.39 is 21.8 Å². The molecule has 0 spiro atoms. The minimum atomic E-state index is -6.00. The molecule has 178 valence electrons. The second-order valence-corrected chi connectivity index (χ2v) is 7.37. The first-order valence-corrected chi connectivity index (χ1v) is 10.5. The van der Waals surface area contributed by atoms with Crippen molar-refractivity contribution in [1.82, 2.24) is 9.80 Å². The van der Waals surface area contributed by atoms with Crippen LogP contribution in [0.2, 0.25) is 0 Å². The molecule has 20 heteroatoms. The van der Waals surface area contributed by atoms with Gasteiger partial charge in [-0.3, -0.25) is 0 Å². The van der Waals surface area contributed by atoms with E-state index in [0.29, 0.717) is 0 Å². The number of nitrogens with zero attached hydrogens (tertiary/aromatic N) is 2. The fourth-order valence-corrected chi connectivity index (χ4v) is 2.56. The summed E-state index contributed by atoms with van der Waals surface area (Å²) in [6.07, 6.45) is -0.167. The third-order valence-corrected chi connectivity index (χ3v) is 3.87. The maximum Gasteiger partial charge on any atom is 0.673 e. The van der Waals surface area contributed by atoms with Gasteiger partial charge in [0.25, 0.3) is 0 Å². The molecule has 0 atom stereocenters. The summed E-state index contributed by atoms with van der Waals surface area (Å²) in [5.74, 6) is 0. The second kappa shape index (κ2) is 15.1. The van der Waals surface area contributed by atoms with Crippen molar-refractivity contribution >= 4 is 76.8 Å². The fourth-order valence-electron chi connectivity index (χ4n) is 1.57. The van der Waals surface area contributed by atoms with E-state index >= 15 is 0 Å². The van der Waals surface area contributed by atoms with Crippen LogP contribution in [0.4, 0.5) is 56.6 Å². The summed E-state index contributed by atoms with van der Waals surface area (Å²) in [6.45, 7) is 9.33. The van der Waals surface area contributed by atoms with Gasteiger partial charge in [0, 0.05) is 0 Å². The monoisotopic (exact) mass is 499 g/mol. The molecule has 0 aromatic rings. The molecule has 1 heterocycles. The smallest absolute Gasteiger partial charge is 0.418 e. The van der Waals surface area contributed by atoms with Crippen molar-refractivity contribution in [2.45, 2.75) is 26.4 Å². The van der Waals surface area contributed by atoms with Crippen LogP contribution < -0.4 is 0 Å². The van der Waals surface area contributed by atoms with Crippen LogP contribution in [0.1, 0.15) is 20.8 Å². The minimum Gasteiger partial charge on any atom is -0.418 e. The summed E-state index contributed by atoms with van der Waals surface area (Å²) >= 11 is 0.876. The molecule has 0 aliphatic carbocycles. The molecular weight excluding hydrogens is 480 g/mol. The van der Waals surface area contributed by atoms with E-state index in [2.05, 4.69) is 4.90 Å². The van der Waals surface area contributed by atoms with Gasteiger partial charge in [0.15, 0.2) is 0 Å². The molecule has 1 rings (SSSR count). The first-order chi connectivity index (χ1) is 12.9. The van der Waals surface area contributed by atoms with Gasteiger partial charge >= 0.3 is 149 Å². The van der Waals surface area contributed by atoms with Crippen molar-refractivity contribution in [3.8, 4) is 0 Å². The largest absolute Gasteiger partial charge is 0.673 e. The normalized spacial score (nSPS) is 15.6. The molecule has 1 aliphatic rings. The number of piperazine rings is 1. The van der Waals surface area contributed by atoms with E-state index in [1.165, 1.54) is 0.639 Å². The van der Waals surface area contributed by atoms with Crippen LogP contribution in [0.15, 0.2) is 0 Å². The Kier molecular flexibility index (Phi) is 17.6. The molecule has 0 unspecified atom stereocenters. The molecule has 30 heavy (non-hydrogen) atoms. The molecular formula is C10H19B3F12KN2O2-3. The maximum atomic E-state index is 11.7. The van der Waals surface area contributed by atoms with Crippen molar-refractivity contribution in [2.75, 3.05) is 26.8 Å². The van der Waals surface area contributed by atoms with E-state index in [0.717, 1.165) is 75.1 Å². The number of hydrogen-bond acceptors (Lipinski definition) is 3. The first kappa shape index (κ1) is 34.8. The van der Waals surface area contributed by atoms with E-state index in [9.17, 15) is 56.6 Å². The van der Waals surface area contributed by atoms with E-state index in [1.54, 1.807) is 0 Å². The second-order valence-electron chi connectivity index (χ2n) is 6.39. The number of amides is 1. The number of rotatable bonds is 1. The predicted octanol–water partition coefficient (Wildman–Crippen LogP) is 4.57. The Labute approximate surface area is 199 Å². The fraction of sp³-hybridized carbons (Fsp3) is 0.900. The number of carbonyl (C=O) groups excluding carboxylic acids is 1. The summed E-state index contributed by atoms with van der Waals surface area (Å²) in [6, 6.07) is 0. The third kappa shape index (κ3) is 46.4. The molecule has 0 aromatic heterocycles. The topological polar surface area (TPSA) is 32.8 Å². The van der Waals surface area contributed by atoms with Crippen molar-refractivity contribution < 1.29 is 61.3 Å². The minimum absolute atomic E-state index is 0.167. The summed E-state index contributed by atoms with van der Waals surface area (Å²) in [7, 11) is -18.0. The van der Waals surface area contributed by atoms with Gasteiger partial charge in [-0.05, 0) is 0 Å². The van der Waals surface area contributed by atoms with Gasteiger partial charge in [0.2, 0.25) is 0 Å². The van der Waals surface area contributed by atoms with Crippen LogP contribution in [-0.4, -0.2) is 119 Å². The van der Waals surface area contributed by atoms with Crippen LogP contribution in [0.3, 0.4) is 0 Å². The Morgan fingerprint density at radius 2 is 1.03 bits per heavy atom. The summed E-state index contributed by atoms with van der Waals surface area (Å²) in [5, 5.41) is 0. The zero-order valence-corrected chi connectivity index (χ0v) is 19.6. The van der Waals surface area contributed by atoms with Crippen LogP contribution >= 0.6 is 0 Å². The third-order valence-electron chi connectivity index (χ3n) is 2.47. The summed E-state index contributed by atoms with van der Waals surface area (Å²) in [4.78, 5) is 15.9. The van der Waals surface area contributed by atoms with Crippen molar-refractivity contribution in [2.24, 2.45) is 0 Å². The van der Waals surface area contributed by atoms with Gasteiger partial charge < -0.3 is 51.8 Å². The maximum absolute atomic E-state index is 11.7. The molecule has 0 bridgehead atoms. The average Bonchev–Trinajstić information content (AvgIpc) is 2.40. The molecule has 1 fully saturated rings. The molecule has 0 N–H and O–H groups in total. The number of carbonyl (C=O) groups is 1. The average molecular weight is 499 g/mol. The van der Waals surface area contributed by atoms with Gasteiger partial charge in [-0.15, -0.1) is 0 Å². The van der Waals surface area contributed by atoms with E-state index in [4.69, 9.17) is 4.74 Å². The van der Waals surface area contributed by atoms with Crippen LogP contribution in [0.25, 0.3) is 0 Å². The molecule has 0 saturated carbocycles. The van der Waals surface area contributed by atoms with Crippen LogP contribution in [0.5, 0.6) is 0 Å². The Balaban J connectivity index is -0.000000400.